The summed E-state index contributed by atoms with van der Waals surface area (Å²) in [5, 5.41) is 4.37. The Bertz CT molecular complexity index is 735. The Morgan fingerprint density at radius 3 is 2.63 bits per heavy atom. The summed E-state index contributed by atoms with van der Waals surface area (Å²) in [6, 6.07) is 7.66. The van der Waals surface area contributed by atoms with Gasteiger partial charge in [0.25, 0.3) is 5.91 Å². The van der Waals surface area contributed by atoms with E-state index < -0.39 is 0 Å². The maximum Gasteiger partial charge on any atom is 0.257 e. The van der Waals surface area contributed by atoms with Gasteiger partial charge in [-0.2, -0.15) is 5.10 Å². The molecule has 27 heavy (non-hydrogen) atoms. The topological polar surface area (TPSA) is 50.6 Å². The summed E-state index contributed by atoms with van der Waals surface area (Å²) < 4.78 is 7.10. The van der Waals surface area contributed by atoms with Gasteiger partial charge in [-0.25, -0.2) is 4.68 Å². The standard InChI is InChI=1S/C21H30N4O2/c1-3-24(15-14-23-12-8-4-5-9-13-23)21(26)18-16-22-25(17-18)19-10-6-7-11-20(19)27-2/h6-7,10-11,16-17H,3-5,8-9,12-15H2,1-2H3. The van der Waals surface area contributed by atoms with Gasteiger partial charge in [-0.1, -0.05) is 25.0 Å². The molecule has 2 aromatic rings. The molecule has 1 amide bonds. The number of ether oxygens (including phenoxy) is 1. The van der Waals surface area contributed by atoms with Crippen LogP contribution in [0.2, 0.25) is 0 Å². The first-order valence-corrected chi connectivity index (χ1v) is 9.92. The van der Waals surface area contributed by atoms with Crippen LogP contribution in [0.25, 0.3) is 5.69 Å². The van der Waals surface area contributed by atoms with Gasteiger partial charge in [0.15, 0.2) is 0 Å². The van der Waals surface area contributed by atoms with Gasteiger partial charge in [0.05, 0.1) is 18.9 Å². The summed E-state index contributed by atoms with van der Waals surface area (Å²) in [5.41, 5.74) is 1.44. The number of rotatable bonds is 7. The molecule has 0 bridgehead atoms. The van der Waals surface area contributed by atoms with Gasteiger partial charge in [0.1, 0.15) is 11.4 Å². The first kappa shape index (κ1) is 19.4. The number of para-hydroxylation sites is 2. The first-order chi connectivity index (χ1) is 13.2. The van der Waals surface area contributed by atoms with Crippen molar-refractivity contribution in [2.45, 2.75) is 32.6 Å². The molecule has 1 aromatic heterocycles. The minimum Gasteiger partial charge on any atom is -0.494 e. The summed E-state index contributed by atoms with van der Waals surface area (Å²) in [7, 11) is 1.63. The second-order valence-electron chi connectivity index (χ2n) is 6.99. The van der Waals surface area contributed by atoms with E-state index in [9.17, 15) is 4.79 Å². The highest BCUT2D eigenvalue weighted by atomic mass is 16.5. The smallest absolute Gasteiger partial charge is 0.257 e. The lowest BCUT2D eigenvalue weighted by atomic mass is 10.2. The van der Waals surface area contributed by atoms with Gasteiger partial charge in [-0.15, -0.1) is 0 Å². The van der Waals surface area contributed by atoms with E-state index in [0.29, 0.717) is 12.1 Å². The fourth-order valence-electron chi connectivity index (χ4n) is 3.59. The fourth-order valence-corrected chi connectivity index (χ4v) is 3.59. The lowest BCUT2D eigenvalue weighted by Gasteiger charge is -2.25. The van der Waals surface area contributed by atoms with Crippen molar-refractivity contribution in [1.82, 2.24) is 19.6 Å². The van der Waals surface area contributed by atoms with E-state index in [1.54, 1.807) is 24.2 Å². The van der Waals surface area contributed by atoms with Gasteiger partial charge in [0.2, 0.25) is 0 Å². The predicted octanol–water partition coefficient (Wildman–Crippen LogP) is 3.22. The Morgan fingerprint density at radius 1 is 1.19 bits per heavy atom. The monoisotopic (exact) mass is 370 g/mol. The van der Waals surface area contributed by atoms with Crippen molar-refractivity contribution in [3.63, 3.8) is 0 Å². The number of carbonyl (C=O) groups excluding carboxylic acids is 1. The molecule has 0 unspecified atom stereocenters. The Kier molecular flexibility index (Phi) is 6.87. The molecule has 0 saturated carbocycles. The number of amides is 1. The lowest BCUT2D eigenvalue weighted by Crippen LogP contribution is -2.38. The van der Waals surface area contributed by atoms with Crippen LogP contribution < -0.4 is 4.74 Å². The molecular weight excluding hydrogens is 340 g/mol. The van der Waals surface area contributed by atoms with E-state index in [4.69, 9.17) is 4.74 Å². The summed E-state index contributed by atoms with van der Waals surface area (Å²) in [6.45, 7) is 6.74. The first-order valence-electron chi connectivity index (χ1n) is 9.92. The van der Waals surface area contributed by atoms with Gasteiger partial charge in [-0.3, -0.25) is 4.79 Å². The number of methoxy groups -OCH3 is 1. The molecule has 1 aliphatic rings. The molecule has 3 rings (SSSR count). The van der Waals surface area contributed by atoms with Gasteiger partial charge in [-0.05, 0) is 45.0 Å². The summed E-state index contributed by atoms with van der Waals surface area (Å²) in [6.07, 6.45) is 8.62. The fraction of sp³-hybridized carbons (Fsp3) is 0.524. The zero-order chi connectivity index (χ0) is 19.1. The van der Waals surface area contributed by atoms with E-state index in [1.165, 1.54) is 25.7 Å². The quantitative estimate of drug-likeness (QED) is 0.751. The summed E-state index contributed by atoms with van der Waals surface area (Å²) >= 11 is 0. The van der Waals surface area contributed by atoms with E-state index in [0.717, 1.165) is 37.6 Å². The molecule has 0 N–H and O–H groups in total. The zero-order valence-corrected chi connectivity index (χ0v) is 16.4. The van der Waals surface area contributed by atoms with Crippen molar-refractivity contribution >= 4 is 5.91 Å². The Labute approximate surface area is 161 Å². The van der Waals surface area contributed by atoms with Gasteiger partial charge in [0, 0.05) is 25.8 Å². The van der Waals surface area contributed by atoms with Gasteiger partial charge < -0.3 is 14.5 Å². The Hall–Kier alpha value is -2.34. The van der Waals surface area contributed by atoms with Crippen LogP contribution in [-0.4, -0.2) is 65.3 Å². The highest BCUT2D eigenvalue weighted by Crippen LogP contribution is 2.22. The second-order valence-corrected chi connectivity index (χ2v) is 6.99. The number of hydrogen-bond acceptors (Lipinski definition) is 4. The minimum absolute atomic E-state index is 0.0356. The van der Waals surface area contributed by atoms with Crippen molar-refractivity contribution in [1.29, 1.82) is 0 Å². The van der Waals surface area contributed by atoms with E-state index >= 15 is 0 Å². The molecule has 146 valence electrons. The Morgan fingerprint density at radius 2 is 1.93 bits per heavy atom. The van der Waals surface area contributed by atoms with Crippen LogP contribution in [0.4, 0.5) is 0 Å². The van der Waals surface area contributed by atoms with Crippen LogP contribution in [-0.2, 0) is 0 Å². The third kappa shape index (κ3) is 4.89. The van der Waals surface area contributed by atoms with Crippen molar-refractivity contribution in [3.05, 3.63) is 42.2 Å². The van der Waals surface area contributed by atoms with Crippen LogP contribution in [0.1, 0.15) is 43.0 Å². The molecule has 1 fully saturated rings. The van der Waals surface area contributed by atoms with Crippen molar-refractivity contribution in [2.24, 2.45) is 0 Å². The van der Waals surface area contributed by atoms with E-state index in [-0.39, 0.29) is 5.91 Å². The molecule has 6 nitrogen and oxygen atoms in total. The molecule has 1 aliphatic heterocycles. The average Bonchev–Trinajstić information content (AvgIpc) is 3.05. The van der Waals surface area contributed by atoms with Crippen LogP contribution in [0.5, 0.6) is 5.75 Å². The van der Waals surface area contributed by atoms with Crippen LogP contribution in [0.15, 0.2) is 36.7 Å². The number of benzene rings is 1. The number of carbonyl (C=O) groups is 1. The molecule has 0 aliphatic carbocycles. The van der Waals surface area contributed by atoms with Crippen molar-refractivity contribution in [2.75, 3.05) is 39.8 Å². The predicted molar refractivity (Wildman–Crippen MR) is 107 cm³/mol. The van der Waals surface area contributed by atoms with Crippen LogP contribution in [0.3, 0.4) is 0 Å². The number of likely N-dealkylation sites (N-methyl/N-ethyl adjacent to an activating group) is 1. The molecule has 1 aromatic carbocycles. The number of likely N-dealkylation sites (tertiary alicyclic amines) is 1. The number of hydrogen-bond donors (Lipinski definition) is 0. The lowest BCUT2D eigenvalue weighted by molar-refractivity contribution is 0.0745. The summed E-state index contributed by atoms with van der Waals surface area (Å²) in [4.78, 5) is 17.3. The third-order valence-corrected chi connectivity index (χ3v) is 5.22. The molecule has 0 spiro atoms. The minimum atomic E-state index is 0.0356. The largest absolute Gasteiger partial charge is 0.494 e. The van der Waals surface area contributed by atoms with E-state index in [2.05, 4.69) is 10.00 Å². The van der Waals surface area contributed by atoms with Crippen LogP contribution in [0, 0.1) is 0 Å². The highest BCUT2D eigenvalue weighted by molar-refractivity contribution is 5.93. The number of aromatic nitrogens is 2. The van der Waals surface area contributed by atoms with Gasteiger partial charge >= 0.3 is 0 Å². The maximum atomic E-state index is 12.9. The normalized spacial score (nSPS) is 15.3. The zero-order valence-electron chi connectivity index (χ0n) is 16.4. The summed E-state index contributed by atoms with van der Waals surface area (Å²) in [5.74, 6) is 0.765. The maximum absolute atomic E-state index is 12.9. The molecule has 0 radical (unpaired) electrons. The van der Waals surface area contributed by atoms with Crippen molar-refractivity contribution in [3.8, 4) is 11.4 Å². The third-order valence-electron chi connectivity index (χ3n) is 5.22. The molecule has 0 atom stereocenters. The number of nitrogens with zero attached hydrogens (tertiary/aromatic N) is 4. The molecule has 2 heterocycles. The van der Waals surface area contributed by atoms with Crippen molar-refractivity contribution < 1.29 is 9.53 Å². The highest BCUT2D eigenvalue weighted by Gasteiger charge is 2.18. The molecule has 1 saturated heterocycles. The Balaban J connectivity index is 1.66. The van der Waals surface area contributed by atoms with E-state index in [1.807, 2.05) is 36.1 Å². The average molecular weight is 370 g/mol. The SMILES string of the molecule is CCN(CCN1CCCCCC1)C(=O)c1cnn(-c2ccccc2OC)c1. The van der Waals surface area contributed by atoms with Crippen LogP contribution >= 0.6 is 0 Å². The molecule has 6 heteroatoms. The molecular formula is C21H30N4O2. The second kappa shape index (κ2) is 9.55.